The zero-order valence-electron chi connectivity index (χ0n) is 21.9. The first kappa shape index (κ1) is 28.0. The van der Waals surface area contributed by atoms with E-state index in [1.54, 1.807) is 18.2 Å². The van der Waals surface area contributed by atoms with Crippen molar-refractivity contribution in [2.75, 3.05) is 6.54 Å². The maximum absolute atomic E-state index is 13.7. The number of hydrogen-bond donors (Lipinski definition) is 2. The van der Waals surface area contributed by atoms with Crippen LogP contribution in [-0.4, -0.2) is 34.7 Å². The molecule has 1 aromatic heterocycles. The summed E-state index contributed by atoms with van der Waals surface area (Å²) in [5.74, 6) is -0.886. The van der Waals surface area contributed by atoms with E-state index in [1.807, 2.05) is 57.2 Å². The lowest BCUT2D eigenvalue weighted by Gasteiger charge is -2.34. The van der Waals surface area contributed by atoms with Crippen molar-refractivity contribution in [1.82, 2.24) is 15.5 Å². The Morgan fingerprint density at radius 2 is 1.59 bits per heavy atom. The summed E-state index contributed by atoms with van der Waals surface area (Å²) in [6.07, 6.45) is 1.38. The minimum atomic E-state index is -0.954. The predicted octanol–water partition coefficient (Wildman–Crippen LogP) is 5.47. The Balaban J connectivity index is 2.00. The minimum absolute atomic E-state index is 0.0727. The number of carbonyl (C=O) groups excluding carboxylic acids is 3. The van der Waals surface area contributed by atoms with Crippen molar-refractivity contribution < 1.29 is 18.8 Å². The van der Waals surface area contributed by atoms with Crippen LogP contribution in [0.5, 0.6) is 0 Å². The van der Waals surface area contributed by atoms with E-state index in [2.05, 4.69) is 24.5 Å². The first-order chi connectivity index (χ1) is 17.5. The highest BCUT2D eigenvalue weighted by molar-refractivity contribution is 6.31. The number of halogens is 1. The highest BCUT2D eigenvalue weighted by atomic mass is 35.5. The van der Waals surface area contributed by atoms with Gasteiger partial charge in [0.15, 0.2) is 5.76 Å². The molecule has 2 N–H and O–H groups in total. The zero-order chi connectivity index (χ0) is 27.2. The van der Waals surface area contributed by atoms with Crippen molar-refractivity contribution in [2.24, 2.45) is 0 Å². The van der Waals surface area contributed by atoms with Gasteiger partial charge in [-0.2, -0.15) is 0 Å². The van der Waals surface area contributed by atoms with E-state index in [0.29, 0.717) is 22.1 Å². The van der Waals surface area contributed by atoms with Gasteiger partial charge in [0, 0.05) is 17.1 Å². The molecule has 3 rings (SSSR count). The summed E-state index contributed by atoms with van der Waals surface area (Å²) >= 11 is 6.44. The summed E-state index contributed by atoms with van der Waals surface area (Å²) in [7, 11) is 0. The number of rotatable bonds is 9. The van der Waals surface area contributed by atoms with Crippen molar-refractivity contribution in [3.63, 3.8) is 0 Å². The fourth-order valence-corrected chi connectivity index (χ4v) is 4.06. The van der Waals surface area contributed by atoms with Gasteiger partial charge in [0.1, 0.15) is 6.04 Å². The third-order valence-corrected chi connectivity index (χ3v) is 6.11. The molecule has 8 heteroatoms. The number of furan rings is 1. The second-order valence-corrected chi connectivity index (χ2v) is 10.6. The number of nitrogens with zero attached hydrogens (tertiary/aromatic N) is 1. The highest BCUT2D eigenvalue weighted by Gasteiger charge is 2.34. The molecule has 0 bridgehead atoms. The van der Waals surface area contributed by atoms with E-state index in [0.717, 1.165) is 5.56 Å². The molecular formula is C29H34ClN3O4. The summed E-state index contributed by atoms with van der Waals surface area (Å²) in [6, 6.07) is 17.0. The van der Waals surface area contributed by atoms with Gasteiger partial charge < -0.3 is 20.0 Å². The molecule has 3 amide bonds. The Morgan fingerprint density at radius 1 is 0.946 bits per heavy atom. The van der Waals surface area contributed by atoms with Gasteiger partial charge in [-0.1, -0.05) is 67.9 Å². The standard InChI is InChI=1S/C29H34ClN3O4/c1-19(2)20-12-14-21(15-13-20)26(28(36)32-29(3,4)5)33(18-22-9-6-7-10-23(22)30)25(34)17-31-27(35)24-11-8-16-37-24/h6-16,19,26H,17-18H2,1-5H3,(H,31,35)(H,32,36)/t26-/m0/s1. The average molecular weight is 524 g/mol. The van der Waals surface area contributed by atoms with Crippen LogP contribution in [0.2, 0.25) is 5.02 Å². The topological polar surface area (TPSA) is 91.7 Å². The monoisotopic (exact) mass is 523 g/mol. The van der Waals surface area contributed by atoms with Gasteiger partial charge in [-0.15, -0.1) is 0 Å². The Bertz CT molecular complexity index is 1210. The lowest BCUT2D eigenvalue weighted by Crippen LogP contribution is -2.50. The first-order valence-corrected chi connectivity index (χ1v) is 12.6. The van der Waals surface area contributed by atoms with Crippen molar-refractivity contribution in [3.8, 4) is 0 Å². The Hall–Kier alpha value is -3.58. The molecule has 0 aliphatic rings. The van der Waals surface area contributed by atoms with Gasteiger partial charge in [0.2, 0.25) is 11.8 Å². The minimum Gasteiger partial charge on any atom is -0.459 e. The van der Waals surface area contributed by atoms with E-state index < -0.39 is 23.4 Å². The lowest BCUT2D eigenvalue weighted by molar-refractivity contribution is -0.141. The molecule has 0 saturated heterocycles. The van der Waals surface area contributed by atoms with Crippen LogP contribution in [0, 0.1) is 0 Å². The van der Waals surface area contributed by atoms with Gasteiger partial charge in [-0.25, -0.2) is 0 Å². The second kappa shape index (κ2) is 12.1. The number of nitrogens with one attached hydrogen (secondary N) is 2. The molecule has 37 heavy (non-hydrogen) atoms. The number of carbonyl (C=O) groups is 3. The quantitative estimate of drug-likeness (QED) is 0.389. The molecule has 2 aromatic carbocycles. The van der Waals surface area contributed by atoms with Gasteiger partial charge in [0.05, 0.1) is 12.8 Å². The zero-order valence-corrected chi connectivity index (χ0v) is 22.6. The van der Waals surface area contributed by atoms with Crippen LogP contribution in [-0.2, 0) is 16.1 Å². The lowest BCUT2D eigenvalue weighted by atomic mass is 9.96. The molecule has 1 atom stereocenters. The van der Waals surface area contributed by atoms with Crippen LogP contribution in [0.3, 0.4) is 0 Å². The molecule has 0 saturated carbocycles. The molecule has 0 spiro atoms. The predicted molar refractivity (Wildman–Crippen MR) is 144 cm³/mol. The molecule has 0 aliphatic heterocycles. The van der Waals surface area contributed by atoms with Crippen LogP contribution < -0.4 is 10.6 Å². The van der Waals surface area contributed by atoms with Gasteiger partial charge in [-0.3, -0.25) is 14.4 Å². The van der Waals surface area contributed by atoms with Crippen LogP contribution in [0.1, 0.15) is 73.8 Å². The molecule has 0 aliphatic carbocycles. The second-order valence-electron chi connectivity index (χ2n) is 10.2. The molecule has 1 heterocycles. The van der Waals surface area contributed by atoms with Crippen LogP contribution in [0.15, 0.2) is 71.3 Å². The normalized spacial score (nSPS) is 12.2. The third-order valence-electron chi connectivity index (χ3n) is 5.74. The average Bonchev–Trinajstić information content (AvgIpc) is 3.37. The number of benzene rings is 2. The Morgan fingerprint density at radius 3 is 2.16 bits per heavy atom. The Labute approximate surface area is 223 Å². The fraction of sp³-hybridized carbons (Fsp3) is 0.345. The van der Waals surface area contributed by atoms with Gasteiger partial charge in [0.25, 0.3) is 5.91 Å². The summed E-state index contributed by atoms with van der Waals surface area (Å²) in [5.41, 5.74) is 1.93. The van der Waals surface area contributed by atoms with Crippen molar-refractivity contribution >= 4 is 29.3 Å². The molecule has 3 aromatic rings. The fourth-order valence-electron chi connectivity index (χ4n) is 3.86. The molecule has 7 nitrogen and oxygen atoms in total. The first-order valence-electron chi connectivity index (χ1n) is 12.2. The summed E-state index contributed by atoms with van der Waals surface area (Å²) in [5, 5.41) is 6.08. The summed E-state index contributed by atoms with van der Waals surface area (Å²) in [4.78, 5) is 41.2. The highest BCUT2D eigenvalue weighted by Crippen LogP contribution is 2.28. The van der Waals surface area contributed by atoms with Crippen LogP contribution in [0.25, 0.3) is 0 Å². The van der Waals surface area contributed by atoms with E-state index in [1.165, 1.54) is 17.2 Å². The van der Waals surface area contributed by atoms with Gasteiger partial charge in [-0.05, 0) is 61.6 Å². The molecule has 196 valence electrons. The maximum atomic E-state index is 13.7. The smallest absolute Gasteiger partial charge is 0.287 e. The van der Waals surface area contributed by atoms with Crippen molar-refractivity contribution in [2.45, 2.75) is 58.7 Å². The van der Waals surface area contributed by atoms with Crippen LogP contribution in [0.4, 0.5) is 0 Å². The van der Waals surface area contributed by atoms with Crippen LogP contribution >= 0.6 is 11.6 Å². The number of amides is 3. The van der Waals surface area contributed by atoms with E-state index in [-0.39, 0.29) is 24.8 Å². The SMILES string of the molecule is CC(C)c1ccc([C@@H](C(=O)NC(C)(C)C)N(Cc2ccccc2Cl)C(=O)CNC(=O)c2ccco2)cc1. The Kier molecular flexibility index (Phi) is 9.16. The van der Waals surface area contributed by atoms with E-state index >= 15 is 0 Å². The van der Waals surface area contributed by atoms with Crippen molar-refractivity contribution in [3.05, 3.63) is 94.4 Å². The largest absolute Gasteiger partial charge is 0.459 e. The maximum Gasteiger partial charge on any atom is 0.287 e. The molecule has 0 radical (unpaired) electrons. The summed E-state index contributed by atoms with van der Waals surface area (Å²) < 4.78 is 5.12. The summed E-state index contributed by atoms with van der Waals surface area (Å²) in [6.45, 7) is 9.58. The molecule has 0 unspecified atom stereocenters. The van der Waals surface area contributed by atoms with Gasteiger partial charge >= 0.3 is 0 Å². The van der Waals surface area contributed by atoms with E-state index in [9.17, 15) is 14.4 Å². The molecular weight excluding hydrogens is 490 g/mol. The van der Waals surface area contributed by atoms with Crippen molar-refractivity contribution in [1.29, 1.82) is 0 Å². The number of hydrogen-bond acceptors (Lipinski definition) is 4. The molecule has 0 fully saturated rings. The van der Waals surface area contributed by atoms with E-state index in [4.69, 9.17) is 16.0 Å². The third kappa shape index (κ3) is 7.70.